The maximum absolute atomic E-state index is 11.6. The highest BCUT2D eigenvalue weighted by molar-refractivity contribution is 5.83. The summed E-state index contributed by atoms with van der Waals surface area (Å²) < 4.78 is 0. The first kappa shape index (κ1) is 10.5. The van der Waals surface area contributed by atoms with Crippen molar-refractivity contribution in [1.29, 1.82) is 0 Å². The third-order valence-electron chi connectivity index (χ3n) is 2.64. The van der Waals surface area contributed by atoms with Crippen LogP contribution in [-0.4, -0.2) is 24.5 Å². The van der Waals surface area contributed by atoms with Gasteiger partial charge in [0.2, 0.25) is 5.91 Å². The Morgan fingerprint density at radius 2 is 1.85 bits per heavy atom. The number of piperazine rings is 1. The van der Waals surface area contributed by atoms with Crippen molar-refractivity contribution in [2.75, 3.05) is 6.54 Å². The zero-order chi connectivity index (χ0) is 10.0. The van der Waals surface area contributed by atoms with Crippen LogP contribution in [0.4, 0.5) is 0 Å². The van der Waals surface area contributed by atoms with Crippen LogP contribution in [-0.2, 0) is 4.79 Å². The molecule has 0 aromatic heterocycles. The summed E-state index contributed by atoms with van der Waals surface area (Å²) in [6.07, 6.45) is 0. The first-order valence-corrected chi connectivity index (χ1v) is 5.06. The molecule has 1 rings (SSSR count). The lowest BCUT2D eigenvalue weighted by molar-refractivity contribution is -0.127. The van der Waals surface area contributed by atoms with E-state index in [0.29, 0.717) is 17.9 Å². The van der Waals surface area contributed by atoms with Crippen molar-refractivity contribution in [3.05, 3.63) is 0 Å². The molecule has 76 valence electrons. The second-order valence-electron chi connectivity index (χ2n) is 4.49. The van der Waals surface area contributed by atoms with Gasteiger partial charge in [-0.25, -0.2) is 0 Å². The highest BCUT2D eigenvalue weighted by atomic mass is 16.2. The molecule has 3 heteroatoms. The minimum absolute atomic E-state index is 0.00463. The zero-order valence-corrected chi connectivity index (χ0v) is 8.92. The van der Waals surface area contributed by atoms with Gasteiger partial charge in [-0.1, -0.05) is 27.7 Å². The lowest BCUT2D eigenvalue weighted by atomic mass is 9.96. The molecule has 0 radical (unpaired) electrons. The highest BCUT2D eigenvalue weighted by Gasteiger charge is 2.30. The van der Waals surface area contributed by atoms with Crippen molar-refractivity contribution in [2.24, 2.45) is 11.8 Å². The van der Waals surface area contributed by atoms with Crippen LogP contribution < -0.4 is 10.6 Å². The van der Waals surface area contributed by atoms with E-state index in [1.165, 1.54) is 0 Å². The van der Waals surface area contributed by atoms with Crippen LogP contribution in [0.2, 0.25) is 0 Å². The molecule has 0 unspecified atom stereocenters. The third-order valence-corrected chi connectivity index (χ3v) is 2.64. The molecule has 1 amide bonds. The van der Waals surface area contributed by atoms with E-state index in [9.17, 15) is 4.79 Å². The summed E-state index contributed by atoms with van der Waals surface area (Å²) in [6, 6.07) is 0.289. The molecule has 0 aliphatic carbocycles. The molecule has 0 aromatic rings. The summed E-state index contributed by atoms with van der Waals surface area (Å²) in [6.45, 7) is 9.27. The summed E-state index contributed by atoms with van der Waals surface area (Å²) in [5.41, 5.74) is 0. The average Bonchev–Trinajstić information content (AvgIpc) is 2.03. The molecule has 1 saturated heterocycles. The van der Waals surface area contributed by atoms with Gasteiger partial charge in [-0.3, -0.25) is 4.79 Å². The first-order valence-electron chi connectivity index (χ1n) is 5.06. The fourth-order valence-corrected chi connectivity index (χ4v) is 1.61. The molecule has 1 heterocycles. The Morgan fingerprint density at radius 3 is 2.23 bits per heavy atom. The first-order chi connectivity index (χ1) is 6.02. The van der Waals surface area contributed by atoms with Gasteiger partial charge in [-0.15, -0.1) is 0 Å². The fraction of sp³-hybridized carbons (Fsp3) is 0.900. The van der Waals surface area contributed by atoms with E-state index in [1.54, 1.807) is 0 Å². The minimum atomic E-state index is -0.00463. The van der Waals surface area contributed by atoms with E-state index < -0.39 is 0 Å². The smallest absolute Gasteiger partial charge is 0.237 e. The maximum atomic E-state index is 11.6. The van der Waals surface area contributed by atoms with Crippen LogP contribution >= 0.6 is 0 Å². The summed E-state index contributed by atoms with van der Waals surface area (Å²) in [5.74, 6) is 1.03. The van der Waals surface area contributed by atoms with E-state index in [4.69, 9.17) is 0 Å². The molecule has 1 fully saturated rings. The third kappa shape index (κ3) is 2.44. The topological polar surface area (TPSA) is 41.1 Å². The molecule has 13 heavy (non-hydrogen) atoms. The molecule has 0 bridgehead atoms. The van der Waals surface area contributed by atoms with Crippen molar-refractivity contribution < 1.29 is 4.79 Å². The predicted molar refractivity (Wildman–Crippen MR) is 53.4 cm³/mol. The summed E-state index contributed by atoms with van der Waals surface area (Å²) >= 11 is 0. The average molecular weight is 184 g/mol. The van der Waals surface area contributed by atoms with Crippen LogP contribution in [0.1, 0.15) is 27.7 Å². The van der Waals surface area contributed by atoms with Gasteiger partial charge < -0.3 is 10.6 Å². The van der Waals surface area contributed by atoms with Crippen LogP contribution in [0, 0.1) is 11.8 Å². The molecular weight excluding hydrogens is 164 g/mol. The zero-order valence-electron chi connectivity index (χ0n) is 8.92. The number of rotatable bonds is 2. The van der Waals surface area contributed by atoms with Gasteiger partial charge in [0, 0.05) is 12.6 Å². The van der Waals surface area contributed by atoms with E-state index in [1.807, 2.05) is 0 Å². The van der Waals surface area contributed by atoms with E-state index in [2.05, 4.69) is 38.3 Å². The minimum Gasteiger partial charge on any atom is -0.350 e. The van der Waals surface area contributed by atoms with Crippen LogP contribution in [0.3, 0.4) is 0 Å². The lowest BCUT2D eigenvalue weighted by Gasteiger charge is -2.34. The summed E-state index contributed by atoms with van der Waals surface area (Å²) in [4.78, 5) is 11.6. The molecule has 2 atom stereocenters. The predicted octanol–water partition coefficient (Wildman–Crippen LogP) is 0.755. The number of carbonyl (C=O) groups excluding carboxylic acids is 1. The monoisotopic (exact) mass is 184 g/mol. The van der Waals surface area contributed by atoms with Gasteiger partial charge in [0.05, 0.1) is 6.04 Å². The Morgan fingerprint density at radius 1 is 1.23 bits per heavy atom. The number of nitrogens with one attached hydrogen (secondary N) is 2. The molecular formula is C10H20N2O. The van der Waals surface area contributed by atoms with Crippen LogP contribution in [0.5, 0.6) is 0 Å². The van der Waals surface area contributed by atoms with Gasteiger partial charge in [0.15, 0.2) is 0 Å². The second-order valence-corrected chi connectivity index (χ2v) is 4.49. The number of amides is 1. The number of hydrogen-bond acceptors (Lipinski definition) is 2. The Kier molecular flexibility index (Phi) is 3.31. The highest BCUT2D eigenvalue weighted by Crippen LogP contribution is 2.10. The van der Waals surface area contributed by atoms with Crippen molar-refractivity contribution in [1.82, 2.24) is 10.6 Å². The summed E-state index contributed by atoms with van der Waals surface area (Å²) in [5, 5.41) is 6.33. The molecule has 1 aliphatic heterocycles. The molecule has 0 spiro atoms. The van der Waals surface area contributed by atoms with Gasteiger partial charge in [0.1, 0.15) is 0 Å². The Bertz CT molecular complexity index is 189. The Hall–Kier alpha value is -0.570. The molecule has 0 saturated carbocycles. The van der Waals surface area contributed by atoms with Gasteiger partial charge in [-0.05, 0) is 11.8 Å². The number of carbonyl (C=O) groups is 1. The van der Waals surface area contributed by atoms with Gasteiger partial charge in [0.25, 0.3) is 0 Å². The molecule has 1 aliphatic rings. The van der Waals surface area contributed by atoms with Crippen molar-refractivity contribution >= 4 is 5.91 Å². The Labute approximate surface area is 80.3 Å². The fourth-order valence-electron chi connectivity index (χ4n) is 1.61. The second kappa shape index (κ2) is 4.09. The lowest BCUT2D eigenvalue weighted by Crippen LogP contribution is -2.61. The van der Waals surface area contributed by atoms with Crippen molar-refractivity contribution in [3.8, 4) is 0 Å². The number of hydrogen-bond donors (Lipinski definition) is 2. The normalized spacial score (nSPS) is 29.5. The molecule has 2 N–H and O–H groups in total. The summed E-state index contributed by atoms with van der Waals surface area (Å²) in [7, 11) is 0. The van der Waals surface area contributed by atoms with E-state index in [-0.39, 0.29) is 11.9 Å². The van der Waals surface area contributed by atoms with Crippen LogP contribution in [0.15, 0.2) is 0 Å². The SMILES string of the molecule is CC(C)[C@H]1CN[C@H](C(C)C)C(=O)N1. The molecule has 3 nitrogen and oxygen atoms in total. The largest absolute Gasteiger partial charge is 0.350 e. The van der Waals surface area contributed by atoms with Crippen LogP contribution in [0.25, 0.3) is 0 Å². The van der Waals surface area contributed by atoms with Crippen molar-refractivity contribution in [2.45, 2.75) is 39.8 Å². The maximum Gasteiger partial charge on any atom is 0.237 e. The van der Waals surface area contributed by atoms with Gasteiger partial charge in [-0.2, -0.15) is 0 Å². The Balaban J connectivity index is 2.52. The standard InChI is InChI=1S/C10H20N2O/c1-6(2)8-5-11-9(7(3)4)10(13)12-8/h6-9,11H,5H2,1-4H3,(H,12,13)/t8-,9-/m1/s1. The van der Waals surface area contributed by atoms with Crippen molar-refractivity contribution in [3.63, 3.8) is 0 Å². The van der Waals surface area contributed by atoms with Gasteiger partial charge >= 0.3 is 0 Å². The quantitative estimate of drug-likeness (QED) is 0.665. The van der Waals surface area contributed by atoms with E-state index >= 15 is 0 Å². The molecule has 0 aromatic carbocycles. The van der Waals surface area contributed by atoms with E-state index in [0.717, 1.165) is 6.54 Å².